The number of rotatable bonds is 5. The first-order valence-electron chi connectivity index (χ1n) is 8.84. The van der Waals surface area contributed by atoms with E-state index in [0.717, 1.165) is 25.9 Å². The van der Waals surface area contributed by atoms with Crippen molar-refractivity contribution in [1.82, 2.24) is 4.90 Å². The van der Waals surface area contributed by atoms with Gasteiger partial charge in [0.1, 0.15) is 5.75 Å². The summed E-state index contributed by atoms with van der Waals surface area (Å²) in [6.45, 7) is 1.70. The van der Waals surface area contributed by atoms with Gasteiger partial charge in [0.15, 0.2) is 12.4 Å². The van der Waals surface area contributed by atoms with Gasteiger partial charge in [-0.2, -0.15) is 0 Å². The summed E-state index contributed by atoms with van der Waals surface area (Å²) < 4.78 is 5.60. The maximum absolute atomic E-state index is 12.4. The van der Waals surface area contributed by atoms with E-state index in [9.17, 15) is 9.59 Å². The van der Waals surface area contributed by atoms with E-state index >= 15 is 0 Å². The Morgan fingerprint density at radius 1 is 0.800 bits per heavy atom. The Morgan fingerprint density at radius 3 is 2.04 bits per heavy atom. The molecular weight excluding hydrogens is 314 g/mol. The second-order valence-electron chi connectivity index (χ2n) is 6.30. The number of carbonyl (C=O) groups is 2. The lowest BCUT2D eigenvalue weighted by Gasteiger charge is -2.20. The highest BCUT2D eigenvalue weighted by molar-refractivity contribution is 6.08. The van der Waals surface area contributed by atoms with Crippen LogP contribution in [0.5, 0.6) is 5.75 Å². The first kappa shape index (κ1) is 17.2. The molecule has 130 valence electrons. The van der Waals surface area contributed by atoms with E-state index in [0.29, 0.717) is 16.9 Å². The summed E-state index contributed by atoms with van der Waals surface area (Å²) >= 11 is 0. The van der Waals surface area contributed by atoms with Crippen LogP contribution in [-0.4, -0.2) is 36.3 Å². The summed E-state index contributed by atoms with van der Waals surface area (Å²) in [5.74, 6) is 0.618. The zero-order valence-electron chi connectivity index (χ0n) is 14.3. The third kappa shape index (κ3) is 4.69. The molecule has 0 aromatic heterocycles. The van der Waals surface area contributed by atoms with Crippen molar-refractivity contribution in [2.24, 2.45) is 0 Å². The van der Waals surface area contributed by atoms with Crippen molar-refractivity contribution in [3.05, 3.63) is 65.7 Å². The zero-order valence-corrected chi connectivity index (χ0v) is 14.3. The van der Waals surface area contributed by atoms with Crippen molar-refractivity contribution in [1.29, 1.82) is 0 Å². The fourth-order valence-electron chi connectivity index (χ4n) is 3.02. The smallest absolute Gasteiger partial charge is 0.260 e. The van der Waals surface area contributed by atoms with Gasteiger partial charge in [-0.3, -0.25) is 9.59 Å². The van der Waals surface area contributed by atoms with Crippen LogP contribution in [0.2, 0.25) is 0 Å². The molecule has 1 saturated heterocycles. The molecule has 1 aliphatic heterocycles. The van der Waals surface area contributed by atoms with E-state index in [1.165, 1.54) is 12.8 Å². The first-order valence-corrected chi connectivity index (χ1v) is 8.84. The highest BCUT2D eigenvalue weighted by Gasteiger charge is 2.16. The van der Waals surface area contributed by atoms with Gasteiger partial charge in [-0.05, 0) is 37.1 Å². The molecule has 4 heteroatoms. The summed E-state index contributed by atoms with van der Waals surface area (Å²) in [6, 6.07) is 16.1. The fraction of sp³-hybridized carbons (Fsp3) is 0.333. The van der Waals surface area contributed by atoms with Crippen LogP contribution >= 0.6 is 0 Å². The standard InChI is InChI=1S/C21H23NO3/c23-20(22-14-6-1-2-7-15-22)16-25-19-12-10-18(11-13-19)21(24)17-8-4-3-5-9-17/h3-5,8-13H,1-2,6-7,14-16H2. The number of nitrogens with zero attached hydrogens (tertiary/aromatic N) is 1. The van der Waals surface area contributed by atoms with E-state index in [2.05, 4.69) is 0 Å². The van der Waals surface area contributed by atoms with Crippen LogP contribution in [0.3, 0.4) is 0 Å². The van der Waals surface area contributed by atoms with E-state index in [4.69, 9.17) is 4.74 Å². The van der Waals surface area contributed by atoms with Gasteiger partial charge < -0.3 is 9.64 Å². The van der Waals surface area contributed by atoms with Gasteiger partial charge >= 0.3 is 0 Å². The highest BCUT2D eigenvalue weighted by Crippen LogP contribution is 2.16. The molecule has 1 fully saturated rings. The van der Waals surface area contributed by atoms with Crippen molar-refractivity contribution in [3.8, 4) is 5.75 Å². The largest absolute Gasteiger partial charge is 0.484 e. The number of benzene rings is 2. The maximum Gasteiger partial charge on any atom is 0.260 e. The molecule has 0 saturated carbocycles. The molecular formula is C21H23NO3. The Kier molecular flexibility index (Phi) is 5.83. The fourth-order valence-corrected chi connectivity index (χ4v) is 3.02. The van der Waals surface area contributed by atoms with Gasteiger partial charge in [0, 0.05) is 24.2 Å². The van der Waals surface area contributed by atoms with Crippen molar-refractivity contribution in [3.63, 3.8) is 0 Å². The normalized spacial score (nSPS) is 14.6. The van der Waals surface area contributed by atoms with Crippen molar-refractivity contribution >= 4 is 11.7 Å². The number of carbonyl (C=O) groups excluding carboxylic acids is 2. The monoisotopic (exact) mass is 337 g/mol. The van der Waals surface area contributed by atoms with Gasteiger partial charge in [-0.25, -0.2) is 0 Å². The van der Waals surface area contributed by atoms with E-state index in [1.807, 2.05) is 23.1 Å². The second-order valence-corrected chi connectivity index (χ2v) is 6.30. The van der Waals surface area contributed by atoms with Crippen LogP contribution < -0.4 is 4.74 Å². The van der Waals surface area contributed by atoms with Crippen molar-refractivity contribution in [2.75, 3.05) is 19.7 Å². The minimum atomic E-state index is -0.0206. The van der Waals surface area contributed by atoms with Gasteiger partial charge in [0.2, 0.25) is 0 Å². The van der Waals surface area contributed by atoms with Crippen LogP contribution in [0.1, 0.15) is 41.6 Å². The van der Waals surface area contributed by atoms with Crippen molar-refractivity contribution in [2.45, 2.75) is 25.7 Å². The SMILES string of the molecule is O=C(c1ccccc1)c1ccc(OCC(=O)N2CCCCCC2)cc1. The second kappa shape index (κ2) is 8.47. The number of ketones is 1. The lowest BCUT2D eigenvalue weighted by atomic mass is 10.0. The van der Waals surface area contributed by atoms with Crippen LogP contribution in [-0.2, 0) is 4.79 Å². The molecule has 3 rings (SSSR count). The lowest BCUT2D eigenvalue weighted by Crippen LogP contribution is -2.35. The number of amides is 1. The van der Waals surface area contributed by atoms with Gasteiger partial charge in [0.05, 0.1) is 0 Å². The first-order chi connectivity index (χ1) is 12.2. The van der Waals surface area contributed by atoms with Gasteiger partial charge in [0.25, 0.3) is 5.91 Å². The number of hydrogen-bond acceptors (Lipinski definition) is 3. The summed E-state index contributed by atoms with van der Waals surface area (Å²) in [6.07, 6.45) is 4.53. The van der Waals surface area contributed by atoms with Crippen LogP contribution in [0.25, 0.3) is 0 Å². The average molecular weight is 337 g/mol. The molecule has 0 bridgehead atoms. The predicted octanol–water partition coefficient (Wildman–Crippen LogP) is 3.70. The molecule has 2 aromatic rings. The Balaban J connectivity index is 1.55. The van der Waals surface area contributed by atoms with Crippen LogP contribution in [0.15, 0.2) is 54.6 Å². The van der Waals surface area contributed by atoms with Crippen molar-refractivity contribution < 1.29 is 14.3 Å². The third-order valence-electron chi connectivity index (χ3n) is 4.47. The molecule has 1 amide bonds. The maximum atomic E-state index is 12.4. The summed E-state index contributed by atoms with van der Waals surface area (Å²) in [4.78, 5) is 26.5. The summed E-state index contributed by atoms with van der Waals surface area (Å²) in [5, 5.41) is 0. The molecule has 0 aliphatic carbocycles. The molecule has 1 heterocycles. The molecule has 0 unspecified atom stereocenters. The van der Waals surface area contributed by atoms with Gasteiger partial charge in [-0.1, -0.05) is 43.2 Å². The lowest BCUT2D eigenvalue weighted by molar-refractivity contribution is -0.133. The molecule has 0 radical (unpaired) electrons. The van der Waals surface area contributed by atoms with Crippen LogP contribution in [0.4, 0.5) is 0 Å². The molecule has 25 heavy (non-hydrogen) atoms. The Hall–Kier alpha value is -2.62. The number of likely N-dealkylation sites (tertiary alicyclic amines) is 1. The highest BCUT2D eigenvalue weighted by atomic mass is 16.5. The molecule has 0 atom stereocenters. The topological polar surface area (TPSA) is 46.6 Å². The summed E-state index contributed by atoms with van der Waals surface area (Å²) in [5.41, 5.74) is 1.27. The molecule has 4 nitrogen and oxygen atoms in total. The molecule has 0 N–H and O–H groups in total. The average Bonchev–Trinajstić information content (AvgIpc) is 2.96. The quantitative estimate of drug-likeness (QED) is 0.782. The summed E-state index contributed by atoms with van der Waals surface area (Å²) in [7, 11) is 0. The molecule has 2 aromatic carbocycles. The minimum absolute atomic E-state index is 0.0206. The Labute approximate surface area is 148 Å². The third-order valence-corrected chi connectivity index (χ3v) is 4.47. The number of hydrogen-bond donors (Lipinski definition) is 0. The predicted molar refractivity (Wildman–Crippen MR) is 96.9 cm³/mol. The molecule has 0 spiro atoms. The van der Waals surface area contributed by atoms with E-state index in [-0.39, 0.29) is 18.3 Å². The van der Waals surface area contributed by atoms with Crippen LogP contribution in [0, 0.1) is 0 Å². The Morgan fingerprint density at radius 2 is 1.40 bits per heavy atom. The minimum Gasteiger partial charge on any atom is -0.484 e. The zero-order chi connectivity index (χ0) is 17.5. The van der Waals surface area contributed by atoms with E-state index < -0.39 is 0 Å². The van der Waals surface area contributed by atoms with E-state index in [1.54, 1.807) is 36.4 Å². The molecule has 1 aliphatic rings. The number of ether oxygens (including phenoxy) is 1. The van der Waals surface area contributed by atoms with Gasteiger partial charge in [-0.15, -0.1) is 0 Å². The Bertz CT molecular complexity index is 702.